The highest BCUT2D eigenvalue weighted by Gasteiger charge is 2.58. The minimum atomic E-state index is -4.13. The fraction of sp³-hybridized carbons (Fsp3) is 0.652. The summed E-state index contributed by atoms with van der Waals surface area (Å²) >= 11 is 0. The van der Waals surface area contributed by atoms with Crippen LogP contribution in [0.3, 0.4) is 0 Å². The molecule has 32 heavy (non-hydrogen) atoms. The fourth-order valence-electron chi connectivity index (χ4n) is 6.48. The van der Waals surface area contributed by atoms with Gasteiger partial charge in [0.1, 0.15) is 10.7 Å². The highest BCUT2D eigenvalue weighted by atomic mass is 32.2. The molecule has 2 amide bonds. The maximum atomic E-state index is 14.2. The molecule has 7 nitrogen and oxygen atoms in total. The number of benzene rings is 1. The molecular formula is C23H32FN3O4S. The van der Waals surface area contributed by atoms with Gasteiger partial charge in [0.15, 0.2) is 0 Å². The molecule has 4 aliphatic rings. The Balaban J connectivity index is 1.41. The predicted octanol–water partition coefficient (Wildman–Crippen LogP) is 2.38. The molecule has 1 aromatic rings. The van der Waals surface area contributed by atoms with Crippen molar-refractivity contribution in [3.63, 3.8) is 0 Å². The van der Waals surface area contributed by atoms with Gasteiger partial charge in [0, 0.05) is 23.4 Å². The molecule has 0 radical (unpaired) electrons. The lowest BCUT2D eigenvalue weighted by molar-refractivity contribution is -0.147. The molecule has 1 aromatic carbocycles. The van der Waals surface area contributed by atoms with Crippen LogP contribution in [0.1, 0.15) is 57.9 Å². The third kappa shape index (κ3) is 4.29. The van der Waals surface area contributed by atoms with E-state index in [-0.39, 0.29) is 36.1 Å². The first-order valence-corrected chi connectivity index (χ1v) is 12.7. The average Bonchev–Trinajstić information content (AvgIpc) is 2.62. The molecule has 9 heteroatoms. The van der Waals surface area contributed by atoms with Gasteiger partial charge in [-0.1, -0.05) is 6.07 Å². The van der Waals surface area contributed by atoms with Gasteiger partial charge in [0.25, 0.3) is 0 Å². The van der Waals surface area contributed by atoms with Gasteiger partial charge < -0.3 is 11.1 Å². The second kappa shape index (κ2) is 7.80. The van der Waals surface area contributed by atoms with Crippen molar-refractivity contribution >= 4 is 21.8 Å². The minimum absolute atomic E-state index is 0.0199. The largest absolute Gasteiger partial charge is 0.369 e. The summed E-state index contributed by atoms with van der Waals surface area (Å²) in [7, 11) is -4.13. The van der Waals surface area contributed by atoms with E-state index in [1.165, 1.54) is 18.2 Å². The van der Waals surface area contributed by atoms with Crippen molar-refractivity contribution in [3.8, 4) is 0 Å². The topological polar surface area (TPSA) is 118 Å². The summed E-state index contributed by atoms with van der Waals surface area (Å²) < 4.78 is 42.1. The third-order valence-corrected chi connectivity index (χ3v) is 9.24. The molecule has 4 N–H and O–H groups in total. The maximum absolute atomic E-state index is 14.2. The van der Waals surface area contributed by atoms with Crippen molar-refractivity contribution in [1.29, 1.82) is 0 Å². The first-order chi connectivity index (χ1) is 14.8. The SMILES string of the molecule is Cc1ccc(S(=O)(=O)NC(C)(C)CC(=O)NC2C3CC4CC2CC(C(N)=O)(C4)C3)c(F)c1. The van der Waals surface area contributed by atoms with Crippen LogP contribution in [0.5, 0.6) is 0 Å². The number of nitrogens with one attached hydrogen (secondary N) is 2. The summed E-state index contributed by atoms with van der Waals surface area (Å²) in [6.45, 7) is 4.89. The summed E-state index contributed by atoms with van der Waals surface area (Å²) in [4.78, 5) is 24.6. The quantitative estimate of drug-likeness (QED) is 0.573. The van der Waals surface area contributed by atoms with Gasteiger partial charge in [-0.15, -0.1) is 0 Å². The molecule has 2 atom stereocenters. The Morgan fingerprint density at radius 1 is 1.19 bits per heavy atom. The second-order valence-electron chi connectivity index (χ2n) is 10.8. The number of nitrogens with two attached hydrogens (primary N) is 1. The molecule has 0 spiro atoms. The molecule has 0 aromatic heterocycles. The molecule has 2 unspecified atom stereocenters. The van der Waals surface area contributed by atoms with Crippen LogP contribution in [0.15, 0.2) is 23.1 Å². The van der Waals surface area contributed by atoms with Crippen molar-refractivity contribution in [3.05, 3.63) is 29.6 Å². The van der Waals surface area contributed by atoms with Crippen LogP contribution in [-0.2, 0) is 19.6 Å². The van der Waals surface area contributed by atoms with Gasteiger partial charge >= 0.3 is 0 Å². The number of sulfonamides is 1. The van der Waals surface area contributed by atoms with Crippen molar-refractivity contribution in [2.75, 3.05) is 0 Å². The highest BCUT2D eigenvalue weighted by molar-refractivity contribution is 7.89. The van der Waals surface area contributed by atoms with Crippen LogP contribution in [0, 0.1) is 35.9 Å². The molecule has 4 bridgehead atoms. The standard InChI is InChI=1S/C23H32FN3O4S/c1-13-4-5-18(17(24)6-13)32(30,31)27-22(2,3)12-19(28)26-20-15-7-14-8-16(20)11-23(9-14,10-15)21(25)29/h4-6,14-16,20,27H,7-12H2,1-3H3,(H2,25,29)(H,26,28). The minimum Gasteiger partial charge on any atom is -0.369 e. The molecule has 4 aliphatic carbocycles. The Kier molecular flexibility index (Phi) is 5.65. The van der Waals surface area contributed by atoms with Crippen LogP contribution in [0.2, 0.25) is 0 Å². The first kappa shape index (κ1) is 23.2. The number of amides is 2. The lowest BCUT2D eigenvalue weighted by Crippen LogP contribution is -2.62. The van der Waals surface area contributed by atoms with Gasteiger partial charge in [-0.2, -0.15) is 0 Å². The molecule has 176 valence electrons. The number of rotatable bonds is 7. The molecule has 0 aliphatic heterocycles. The number of carbonyl (C=O) groups is 2. The number of halogens is 1. The van der Waals surface area contributed by atoms with E-state index in [2.05, 4.69) is 10.0 Å². The average molecular weight is 466 g/mol. The monoisotopic (exact) mass is 465 g/mol. The fourth-order valence-corrected chi connectivity index (χ4v) is 7.95. The first-order valence-electron chi connectivity index (χ1n) is 11.2. The van der Waals surface area contributed by atoms with E-state index < -0.39 is 31.7 Å². The summed E-state index contributed by atoms with van der Waals surface area (Å²) in [5.74, 6) is -0.373. The third-order valence-electron chi connectivity index (χ3n) is 7.51. The van der Waals surface area contributed by atoms with Crippen LogP contribution < -0.4 is 15.8 Å². The van der Waals surface area contributed by atoms with Crippen LogP contribution in [0.4, 0.5) is 4.39 Å². The molecule has 0 saturated heterocycles. The smallest absolute Gasteiger partial charge is 0.243 e. The van der Waals surface area contributed by atoms with Crippen molar-refractivity contribution < 1.29 is 22.4 Å². The predicted molar refractivity (Wildman–Crippen MR) is 117 cm³/mol. The second-order valence-corrected chi connectivity index (χ2v) is 12.5. The Morgan fingerprint density at radius 2 is 1.81 bits per heavy atom. The number of carbonyl (C=O) groups excluding carboxylic acids is 2. The van der Waals surface area contributed by atoms with Crippen LogP contribution in [0.25, 0.3) is 0 Å². The zero-order valence-corrected chi connectivity index (χ0v) is 19.6. The van der Waals surface area contributed by atoms with Gasteiger partial charge in [-0.05, 0) is 88.3 Å². The van der Waals surface area contributed by atoms with Crippen molar-refractivity contribution in [2.24, 2.45) is 28.9 Å². The summed E-state index contributed by atoms with van der Waals surface area (Å²) in [5.41, 5.74) is 4.81. The zero-order chi connectivity index (χ0) is 23.5. The maximum Gasteiger partial charge on any atom is 0.243 e. The van der Waals surface area contributed by atoms with Crippen LogP contribution in [-0.4, -0.2) is 31.8 Å². The lowest BCUT2D eigenvalue weighted by Gasteiger charge is -2.58. The molecule has 5 rings (SSSR count). The summed E-state index contributed by atoms with van der Waals surface area (Å²) in [5, 5.41) is 3.12. The Labute approximate surface area is 188 Å². The number of hydrogen-bond donors (Lipinski definition) is 3. The van der Waals surface area contributed by atoms with Gasteiger partial charge in [-0.25, -0.2) is 17.5 Å². The Hall–Kier alpha value is -2.00. The van der Waals surface area contributed by atoms with Crippen molar-refractivity contribution in [1.82, 2.24) is 10.0 Å². The molecule has 0 heterocycles. The van der Waals surface area contributed by atoms with E-state index >= 15 is 0 Å². The van der Waals surface area contributed by atoms with Crippen LogP contribution >= 0.6 is 0 Å². The van der Waals surface area contributed by atoms with E-state index in [0.717, 1.165) is 19.3 Å². The van der Waals surface area contributed by atoms with E-state index in [1.54, 1.807) is 20.8 Å². The lowest BCUT2D eigenvalue weighted by atomic mass is 9.47. The number of primary amides is 1. The van der Waals surface area contributed by atoms with Gasteiger partial charge in [0.05, 0.1) is 0 Å². The van der Waals surface area contributed by atoms with Crippen molar-refractivity contribution in [2.45, 2.75) is 75.8 Å². The highest BCUT2D eigenvalue weighted by Crippen LogP contribution is 2.59. The molecule has 4 fully saturated rings. The summed E-state index contributed by atoms with van der Waals surface area (Å²) in [6, 6.07) is 3.91. The summed E-state index contributed by atoms with van der Waals surface area (Å²) in [6.07, 6.45) is 4.17. The molecular weight excluding hydrogens is 433 g/mol. The number of aryl methyl sites for hydroxylation is 1. The van der Waals surface area contributed by atoms with E-state index in [1.807, 2.05) is 0 Å². The van der Waals surface area contributed by atoms with E-state index in [9.17, 15) is 22.4 Å². The van der Waals surface area contributed by atoms with Gasteiger partial charge in [-0.3, -0.25) is 9.59 Å². The number of hydrogen-bond acceptors (Lipinski definition) is 4. The Bertz CT molecular complexity index is 1040. The van der Waals surface area contributed by atoms with E-state index in [4.69, 9.17) is 5.73 Å². The zero-order valence-electron chi connectivity index (χ0n) is 18.8. The van der Waals surface area contributed by atoms with Gasteiger partial charge in [0.2, 0.25) is 21.8 Å². The normalized spacial score (nSPS) is 31.5. The Morgan fingerprint density at radius 3 is 2.38 bits per heavy atom. The molecule has 4 saturated carbocycles. The van der Waals surface area contributed by atoms with E-state index in [0.29, 0.717) is 24.3 Å².